The number of hydrogen-bond donors (Lipinski definition) is 2. The van der Waals surface area contributed by atoms with Crippen LogP contribution in [0.2, 0.25) is 0 Å². The Morgan fingerprint density at radius 3 is 2.54 bits per heavy atom. The second-order valence-corrected chi connectivity index (χ2v) is 8.46. The van der Waals surface area contributed by atoms with Gasteiger partial charge in [-0.2, -0.15) is 0 Å². The number of unbranched alkanes of at least 4 members (excludes halogenated alkanes) is 4. The largest absolute Gasteiger partial charge is 0.317 e. The van der Waals surface area contributed by atoms with Gasteiger partial charge in [-0.25, -0.2) is 4.99 Å². The predicted molar refractivity (Wildman–Crippen MR) is 101 cm³/mol. The first-order valence-corrected chi connectivity index (χ1v) is 10.3. The Kier molecular flexibility index (Phi) is 6.75. The Morgan fingerprint density at radius 2 is 1.92 bits per heavy atom. The summed E-state index contributed by atoms with van der Waals surface area (Å²) in [5.74, 6) is 4.33. The third-order valence-corrected chi connectivity index (χ3v) is 6.01. The normalized spacial score (nSPS) is 15.8. The van der Waals surface area contributed by atoms with Gasteiger partial charge < -0.3 is 5.32 Å². The van der Waals surface area contributed by atoms with Crippen molar-refractivity contribution in [1.29, 1.82) is 0 Å². The zero-order valence-corrected chi connectivity index (χ0v) is 15.0. The lowest BCUT2D eigenvalue weighted by atomic mass is 10.2. The van der Waals surface area contributed by atoms with Gasteiger partial charge in [-0.05, 0) is 46.1 Å². The summed E-state index contributed by atoms with van der Waals surface area (Å²) in [6, 6.07) is 7.12. The number of benzene rings is 1. The summed E-state index contributed by atoms with van der Waals surface area (Å²) < 4.78 is 12.7. The SMILES string of the molecule is C=S(=O)(CCCCCCC)c1ccc(NC(=O)C2=CN=C[NH2+]2)cc1. The molecule has 0 aliphatic carbocycles. The number of rotatable bonds is 9. The van der Waals surface area contributed by atoms with E-state index in [1.807, 2.05) is 0 Å². The van der Waals surface area contributed by atoms with Crippen molar-refractivity contribution in [3.63, 3.8) is 0 Å². The number of nitrogens with zero attached hydrogens (tertiary/aromatic N) is 1. The molecule has 1 heterocycles. The van der Waals surface area contributed by atoms with E-state index in [0.29, 0.717) is 17.1 Å². The molecule has 2 rings (SSSR count). The van der Waals surface area contributed by atoms with E-state index in [0.717, 1.165) is 17.7 Å². The van der Waals surface area contributed by atoms with Gasteiger partial charge in [0.2, 0.25) is 5.70 Å². The van der Waals surface area contributed by atoms with Gasteiger partial charge in [0.15, 0.2) is 6.34 Å². The summed E-state index contributed by atoms with van der Waals surface area (Å²) >= 11 is 0. The van der Waals surface area contributed by atoms with Crippen LogP contribution in [-0.4, -0.2) is 28.1 Å². The zero-order chi connectivity index (χ0) is 17.4. The molecule has 6 heteroatoms. The Morgan fingerprint density at radius 1 is 1.21 bits per heavy atom. The van der Waals surface area contributed by atoms with E-state index >= 15 is 0 Å². The maximum Gasteiger partial charge on any atom is 0.311 e. The molecule has 1 atom stereocenters. The van der Waals surface area contributed by atoms with Crippen LogP contribution in [0.25, 0.3) is 0 Å². The van der Waals surface area contributed by atoms with E-state index in [1.54, 1.807) is 35.9 Å². The quantitative estimate of drug-likeness (QED) is 0.530. The summed E-state index contributed by atoms with van der Waals surface area (Å²) in [6.07, 6.45) is 8.75. The summed E-state index contributed by atoms with van der Waals surface area (Å²) in [4.78, 5) is 16.6. The Bertz CT molecular complexity index is 719. The van der Waals surface area contributed by atoms with Crippen LogP contribution in [0, 0.1) is 0 Å². The Balaban J connectivity index is 1.89. The smallest absolute Gasteiger partial charge is 0.311 e. The summed E-state index contributed by atoms with van der Waals surface area (Å²) in [5.41, 5.74) is 1.19. The molecule has 0 aromatic heterocycles. The van der Waals surface area contributed by atoms with Crippen molar-refractivity contribution in [2.75, 3.05) is 11.1 Å². The van der Waals surface area contributed by atoms with Crippen LogP contribution in [-0.2, 0) is 14.3 Å². The van der Waals surface area contributed by atoms with Crippen LogP contribution in [0.1, 0.15) is 39.0 Å². The van der Waals surface area contributed by atoms with E-state index < -0.39 is 9.52 Å². The maximum absolute atomic E-state index is 12.7. The van der Waals surface area contributed by atoms with Crippen molar-refractivity contribution in [3.8, 4) is 0 Å². The molecule has 0 fully saturated rings. The molecule has 0 radical (unpaired) electrons. The van der Waals surface area contributed by atoms with Crippen LogP contribution in [0.3, 0.4) is 0 Å². The molecule has 0 bridgehead atoms. The maximum atomic E-state index is 12.7. The van der Waals surface area contributed by atoms with Gasteiger partial charge >= 0.3 is 5.91 Å². The fraction of sp³-hybridized carbons (Fsp3) is 0.389. The highest BCUT2D eigenvalue weighted by Gasteiger charge is 2.16. The molecule has 1 unspecified atom stereocenters. The molecule has 1 aromatic rings. The lowest BCUT2D eigenvalue weighted by Gasteiger charge is -2.11. The highest BCUT2D eigenvalue weighted by Crippen LogP contribution is 2.17. The zero-order valence-electron chi connectivity index (χ0n) is 14.2. The van der Waals surface area contributed by atoms with Crippen LogP contribution in [0.4, 0.5) is 5.69 Å². The molecule has 1 aliphatic heterocycles. The van der Waals surface area contributed by atoms with E-state index in [1.165, 1.54) is 25.5 Å². The van der Waals surface area contributed by atoms with Gasteiger partial charge in [-0.1, -0.05) is 32.6 Å². The molecule has 0 saturated heterocycles. The molecule has 0 spiro atoms. The average Bonchev–Trinajstić information content (AvgIpc) is 3.10. The molecular formula is C18H26N3O2S+. The lowest BCUT2D eigenvalue weighted by Crippen LogP contribution is -2.80. The monoisotopic (exact) mass is 348 g/mol. The molecule has 130 valence electrons. The van der Waals surface area contributed by atoms with Crippen LogP contribution >= 0.6 is 0 Å². The van der Waals surface area contributed by atoms with Gasteiger partial charge in [-0.3, -0.25) is 14.3 Å². The van der Waals surface area contributed by atoms with E-state index in [9.17, 15) is 9.00 Å². The fourth-order valence-electron chi connectivity index (χ4n) is 2.47. The van der Waals surface area contributed by atoms with Gasteiger partial charge in [-0.15, -0.1) is 0 Å². The molecule has 3 N–H and O–H groups in total. The topological polar surface area (TPSA) is 75.1 Å². The van der Waals surface area contributed by atoms with Crippen LogP contribution < -0.4 is 10.6 Å². The van der Waals surface area contributed by atoms with Crippen molar-refractivity contribution < 1.29 is 14.3 Å². The van der Waals surface area contributed by atoms with Crippen LogP contribution in [0.5, 0.6) is 0 Å². The Labute approximate surface area is 144 Å². The minimum atomic E-state index is -2.26. The number of nitrogens with one attached hydrogen (secondary N) is 1. The number of aliphatic imine (C=N–C) groups is 1. The van der Waals surface area contributed by atoms with E-state index in [4.69, 9.17) is 0 Å². The van der Waals surface area contributed by atoms with Gasteiger partial charge in [0.25, 0.3) is 0 Å². The molecule has 0 saturated carbocycles. The predicted octanol–water partition coefficient (Wildman–Crippen LogP) is 2.12. The minimum Gasteiger partial charge on any atom is -0.317 e. The number of amides is 1. The number of hydrogen-bond acceptors (Lipinski definition) is 3. The van der Waals surface area contributed by atoms with Gasteiger partial charge in [0, 0.05) is 16.3 Å². The first-order chi connectivity index (χ1) is 11.5. The number of nitrogens with two attached hydrogens (primary N) is 1. The Hall–Kier alpha value is -1.92. The molecule has 24 heavy (non-hydrogen) atoms. The molecular weight excluding hydrogens is 322 g/mol. The van der Waals surface area contributed by atoms with E-state index in [2.05, 4.69) is 23.1 Å². The van der Waals surface area contributed by atoms with Gasteiger partial charge in [0.1, 0.15) is 0 Å². The number of carbonyl (C=O) groups excluding carboxylic acids is 1. The fourth-order valence-corrected chi connectivity index (χ4v) is 4.01. The second kappa shape index (κ2) is 8.80. The highest BCUT2D eigenvalue weighted by atomic mass is 32.2. The van der Waals surface area contributed by atoms with Crippen molar-refractivity contribution in [1.82, 2.24) is 0 Å². The van der Waals surface area contributed by atoms with Gasteiger partial charge in [0.05, 0.1) is 6.20 Å². The van der Waals surface area contributed by atoms with Crippen molar-refractivity contribution in [3.05, 3.63) is 36.2 Å². The standard InChI is InChI=1S/C18H25N3O2S/c1-3-4-5-6-7-12-24(2,23)16-10-8-15(9-11-16)21-18(22)17-13-19-14-20-17/h8-11,13-14H,2-7,12H2,1H3,(H,19,20)(H,21,22)/p+1. The summed E-state index contributed by atoms with van der Waals surface area (Å²) in [5, 5.41) is 4.45. The number of anilines is 1. The first kappa shape index (κ1) is 18.4. The third-order valence-electron chi connectivity index (χ3n) is 3.94. The molecule has 1 aliphatic rings. The molecule has 5 nitrogen and oxygen atoms in total. The van der Waals surface area contributed by atoms with Crippen molar-refractivity contribution in [2.24, 2.45) is 4.99 Å². The van der Waals surface area contributed by atoms with E-state index in [-0.39, 0.29) is 5.91 Å². The number of carbonyl (C=O) groups is 1. The highest BCUT2D eigenvalue weighted by molar-refractivity contribution is 8.00. The summed E-state index contributed by atoms with van der Waals surface area (Å²) in [6.45, 7) is 2.18. The third kappa shape index (κ3) is 5.32. The molecule has 1 aromatic carbocycles. The van der Waals surface area contributed by atoms with Crippen LogP contribution in [0.15, 0.2) is 46.1 Å². The summed E-state index contributed by atoms with van der Waals surface area (Å²) in [7, 11) is -2.26. The average molecular weight is 348 g/mol. The van der Waals surface area contributed by atoms with Crippen molar-refractivity contribution in [2.45, 2.75) is 43.9 Å². The lowest BCUT2D eigenvalue weighted by molar-refractivity contribution is -0.463. The minimum absolute atomic E-state index is 0.202. The molecule has 1 amide bonds. The van der Waals surface area contributed by atoms with Crippen molar-refractivity contribution >= 4 is 33.3 Å². The first-order valence-electron chi connectivity index (χ1n) is 8.36. The number of quaternary nitrogens is 1. The second-order valence-electron chi connectivity index (χ2n) is 5.96.